The number of nitrogens with one attached hydrogen (secondary N) is 1. The second kappa shape index (κ2) is 11.0. The molecule has 1 saturated heterocycles. The smallest absolute Gasteiger partial charge is 0.236 e. The van der Waals surface area contributed by atoms with Gasteiger partial charge in [0.15, 0.2) is 0 Å². The lowest BCUT2D eigenvalue weighted by molar-refractivity contribution is -0.134. The van der Waals surface area contributed by atoms with Crippen molar-refractivity contribution in [1.82, 2.24) is 29.7 Å². The van der Waals surface area contributed by atoms with Crippen molar-refractivity contribution in [2.45, 2.75) is 20.0 Å². The fraction of sp³-hybridized carbons (Fsp3) is 0.360. The Balaban J connectivity index is 1.28. The summed E-state index contributed by atoms with van der Waals surface area (Å²) in [6.45, 7) is 6.85. The Morgan fingerprint density at radius 2 is 1.71 bits per heavy atom. The number of nitrogen functional groups attached to an aromatic ring is 1. The number of carbonyl (C=O) groups is 1. The van der Waals surface area contributed by atoms with Crippen LogP contribution >= 0.6 is 0 Å². The minimum absolute atomic E-state index is 0.113. The zero-order valence-corrected chi connectivity index (χ0v) is 19.8. The molecular weight excluding hydrogens is 428 g/mol. The molecular formula is C25H32N8O. The van der Waals surface area contributed by atoms with Gasteiger partial charge in [-0.3, -0.25) is 14.6 Å². The summed E-state index contributed by atoms with van der Waals surface area (Å²) in [5.41, 5.74) is 9.20. The molecule has 3 N–H and O–H groups in total. The highest BCUT2D eigenvalue weighted by Crippen LogP contribution is 2.18. The minimum atomic E-state index is 0.113. The van der Waals surface area contributed by atoms with Gasteiger partial charge in [0.05, 0.1) is 13.1 Å². The first-order chi connectivity index (χ1) is 16.5. The predicted molar refractivity (Wildman–Crippen MR) is 133 cm³/mol. The fourth-order valence-electron chi connectivity index (χ4n) is 4.02. The highest BCUT2D eigenvalue weighted by molar-refractivity contribution is 5.78. The second-order valence-electron chi connectivity index (χ2n) is 8.69. The van der Waals surface area contributed by atoms with E-state index in [-0.39, 0.29) is 11.9 Å². The molecule has 0 atom stereocenters. The molecule has 0 aliphatic carbocycles. The molecule has 0 radical (unpaired) electrons. The number of hydrogen-bond donors (Lipinski definition) is 2. The number of amides is 1. The Hall–Kier alpha value is -3.56. The molecule has 34 heavy (non-hydrogen) atoms. The molecule has 1 aromatic heterocycles. The maximum absolute atomic E-state index is 12.9. The van der Waals surface area contributed by atoms with Gasteiger partial charge in [-0.2, -0.15) is 15.0 Å². The molecule has 9 nitrogen and oxygen atoms in total. The molecule has 2 heterocycles. The molecule has 4 rings (SSSR count). The van der Waals surface area contributed by atoms with Crippen LogP contribution in [-0.4, -0.2) is 75.3 Å². The van der Waals surface area contributed by atoms with Crippen molar-refractivity contribution in [1.29, 1.82) is 0 Å². The van der Waals surface area contributed by atoms with Crippen molar-refractivity contribution in [3.05, 3.63) is 71.5 Å². The number of nitrogens with zero attached hydrogens (tertiary/aromatic N) is 6. The topological polar surface area (TPSA) is 104 Å². The van der Waals surface area contributed by atoms with Gasteiger partial charge in [0, 0.05) is 38.4 Å². The molecule has 0 bridgehead atoms. The zero-order valence-electron chi connectivity index (χ0n) is 19.8. The number of aryl methyl sites for hydroxylation is 1. The van der Waals surface area contributed by atoms with Crippen LogP contribution in [0.15, 0.2) is 54.6 Å². The number of para-hydroxylation sites is 1. The first-order valence-electron chi connectivity index (χ1n) is 11.5. The van der Waals surface area contributed by atoms with Crippen molar-refractivity contribution in [3.63, 3.8) is 0 Å². The van der Waals surface area contributed by atoms with Crippen molar-refractivity contribution < 1.29 is 4.79 Å². The number of nitrogens with two attached hydrogens (primary N) is 1. The quantitative estimate of drug-likeness (QED) is 0.528. The maximum Gasteiger partial charge on any atom is 0.236 e. The molecule has 0 unspecified atom stereocenters. The highest BCUT2D eigenvalue weighted by Gasteiger charge is 2.22. The van der Waals surface area contributed by atoms with E-state index in [1.54, 1.807) is 0 Å². The lowest BCUT2D eigenvalue weighted by atomic mass is 10.2. The molecule has 2 aromatic carbocycles. The molecule has 9 heteroatoms. The van der Waals surface area contributed by atoms with E-state index in [0.717, 1.165) is 44.0 Å². The lowest BCUT2D eigenvalue weighted by Crippen LogP contribution is -2.50. The zero-order chi connectivity index (χ0) is 23.9. The molecule has 0 spiro atoms. The predicted octanol–water partition coefficient (Wildman–Crippen LogP) is 2.28. The molecule has 1 aliphatic rings. The number of aromatic nitrogens is 3. The summed E-state index contributed by atoms with van der Waals surface area (Å²) in [6, 6.07) is 18.3. The summed E-state index contributed by atoms with van der Waals surface area (Å²) in [6.07, 6.45) is 0. The second-order valence-corrected chi connectivity index (χ2v) is 8.69. The summed E-state index contributed by atoms with van der Waals surface area (Å²) in [5, 5.41) is 3.20. The molecule has 0 saturated carbocycles. The number of hydrogen-bond acceptors (Lipinski definition) is 8. The lowest BCUT2D eigenvalue weighted by Gasteiger charge is -2.35. The van der Waals surface area contributed by atoms with E-state index in [4.69, 9.17) is 5.73 Å². The van der Waals surface area contributed by atoms with Gasteiger partial charge in [0.1, 0.15) is 5.82 Å². The highest BCUT2D eigenvalue weighted by atomic mass is 16.2. The van der Waals surface area contributed by atoms with E-state index in [0.29, 0.717) is 24.9 Å². The first kappa shape index (κ1) is 23.6. The molecule has 1 fully saturated rings. The standard InChI is InChI=1S/C25H32N8O/c1-19-8-6-7-11-21(19)27-25-29-22(28-24(26)30-25)17-31(2)18-23(34)33-14-12-32(13-15-33)16-20-9-4-3-5-10-20/h3-11H,12-18H2,1-2H3,(H3,26,27,28,29,30). The van der Waals surface area contributed by atoms with Crippen molar-refractivity contribution in [3.8, 4) is 0 Å². The molecule has 3 aromatic rings. The van der Waals surface area contributed by atoms with Crippen LogP contribution in [0.3, 0.4) is 0 Å². The molecule has 1 amide bonds. The third-order valence-corrected chi connectivity index (χ3v) is 5.88. The number of benzene rings is 2. The van der Waals surface area contributed by atoms with Gasteiger partial charge < -0.3 is 16.0 Å². The average molecular weight is 461 g/mol. The minimum Gasteiger partial charge on any atom is -0.368 e. The normalized spacial score (nSPS) is 14.4. The summed E-state index contributed by atoms with van der Waals surface area (Å²) >= 11 is 0. The monoisotopic (exact) mass is 460 g/mol. The van der Waals surface area contributed by atoms with Gasteiger partial charge in [0.25, 0.3) is 0 Å². The van der Waals surface area contributed by atoms with Gasteiger partial charge in [-0.25, -0.2) is 0 Å². The van der Waals surface area contributed by atoms with E-state index >= 15 is 0 Å². The first-order valence-corrected chi connectivity index (χ1v) is 11.5. The number of likely N-dealkylation sites (N-methyl/N-ethyl adjacent to an activating group) is 1. The van der Waals surface area contributed by atoms with Crippen LogP contribution in [0.2, 0.25) is 0 Å². The Labute approximate surface area is 200 Å². The maximum atomic E-state index is 12.9. The fourth-order valence-corrected chi connectivity index (χ4v) is 4.02. The summed E-state index contributed by atoms with van der Waals surface area (Å²) < 4.78 is 0. The van der Waals surface area contributed by atoms with Gasteiger partial charge in [-0.15, -0.1) is 0 Å². The average Bonchev–Trinajstić information content (AvgIpc) is 2.81. The van der Waals surface area contributed by atoms with Gasteiger partial charge in [0.2, 0.25) is 17.8 Å². The van der Waals surface area contributed by atoms with Crippen molar-refractivity contribution in [2.24, 2.45) is 0 Å². The largest absolute Gasteiger partial charge is 0.368 e. The summed E-state index contributed by atoms with van der Waals surface area (Å²) in [4.78, 5) is 32.0. The van der Waals surface area contributed by atoms with Crippen LogP contribution in [-0.2, 0) is 17.9 Å². The Morgan fingerprint density at radius 3 is 2.44 bits per heavy atom. The van der Waals surface area contributed by atoms with Crippen molar-refractivity contribution >= 4 is 23.5 Å². The van der Waals surface area contributed by atoms with Crippen LogP contribution in [0.1, 0.15) is 17.0 Å². The Morgan fingerprint density at radius 1 is 1.00 bits per heavy atom. The van der Waals surface area contributed by atoms with Crippen LogP contribution in [0.4, 0.5) is 17.6 Å². The van der Waals surface area contributed by atoms with Crippen LogP contribution in [0.25, 0.3) is 0 Å². The number of carbonyl (C=O) groups excluding carboxylic acids is 1. The Bertz CT molecular complexity index is 1100. The van der Waals surface area contributed by atoms with E-state index in [2.05, 4.69) is 49.4 Å². The van der Waals surface area contributed by atoms with Gasteiger partial charge >= 0.3 is 0 Å². The molecule has 1 aliphatic heterocycles. The SMILES string of the molecule is Cc1ccccc1Nc1nc(N)nc(CN(C)CC(=O)N2CCN(Cc3ccccc3)CC2)n1. The third kappa shape index (κ3) is 6.49. The molecule has 178 valence electrons. The van der Waals surface area contributed by atoms with E-state index < -0.39 is 0 Å². The van der Waals surface area contributed by atoms with Crippen LogP contribution in [0.5, 0.6) is 0 Å². The number of rotatable bonds is 8. The summed E-state index contributed by atoms with van der Waals surface area (Å²) in [7, 11) is 1.89. The van der Waals surface area contributed by atoms with Crippen LogP contribution in [0, 0.1) is 6.92 Å². The van der Waals surface area contributed by atoms with Gasteiger partial charge in [-0.1, -0.05) is 48.5 Å². The van der Waals surface area contributed by atoms with Crippen LogP contribution < -0.4 is 11.1 Å². The Kier molecular flexibility index (Phi) is 7.66. The van der Waals surface area contributed by atoms with E-state index in [1.165, 1.54) is 5.56 Å². The number of anilines is 3. The van der Waals surface area contributed by atoms with Crippen molar-refractivity contribution in [2.75, 3.05) is 50.8 Å². The van der Waals surface area contributed by atoms with E-state index in [9.17, 15) is 4.79 Å². The van der Waals surface area contributed by atoms with Gasteiger partial charge in [-0.05, 0) is 31.2 Å². The number of piperazine rings is 1. The third-order valence-electron chi connectivity index (χ3n) is 5.88. The van der Waals surface area contributed by atoms with E-state index in [1.807, 2.05) is 54.1 Å². The summed E-state index contributed by atoms with van der Waals surface area (Å²) in [5.74, 6) is 1.18.